The molecule has 1 amide bonds. The van der Waals surface area contributed by atoms with Gasteiger partial charge in [0.25, 0.3) is 5.91 Å². The lowest BCUT2D eigenvalue weighted by Crippen LogP contribution is -2.48. The second-order valence-electron chi connectivity index (χ2n) is 8.08. The Morgan fingerprint density at radius 2 is 1.17 bits per heavy atom. The van der Waals surface area contributed by atoms with Crippen LogP contribution in [-0.2, 0) is 19.1 Å². The van der Waals surface area contributed by atoms with Gasteiger partial charge in [0.05, 0.1) is 11.1 Å². The molecule has 0 heterocycles. The number of hydrogen-bond donors (Lipinski definition) is 2. The number of aliphatic carboxylic acids is 1. The standard InChI is InChI=1S/C27H25NO7/c1-16-7-11-19(12-8-16)26(32)34-22(24(29)28-21-6-4-5-18(3)15-21)23(25(30)31)35-27(33)20-13-9-17(2)10-14-20/h4-15,22-23H,1-3H3,(H,28,29)(H,30,31)/t22-,23+/m0/s1. The fourth-order valence-corrected chi connectivity index (χ4v) is 3.18. The largest absolute Gasteiger partial charge is 0.478 e. The molecule has 3 rings (SSSR count). The van der Waals surface area contributed by atoms with Gasteiger partial charge in [0.15, 0.2) is 0 Å². The zero-order valence-electron chi connectivity index (χ0n) is 19.5. The average molecular weight is 475 g/mol. The molecule has 2 N–H and O–H groups in total. The van der Waals surface area contributed by atoms with Gasteiger partial charge in [-0.25, -0.2) is 14.4 Å². The Kier molecular flexibility index (Phi) is 7.99. The van der Waals surface area contributed by atoms with Gasteiger partial charge in [-0.2, -0.15) is 0 Å². The first-order valence-electron chi connectivity index (χ1n) is 10.8. The third-order valence-corrected chi connectivity index (χ3v) is 5.10. The van der Waals surface area contributed by atoms with Crippen LogP contribution in [0.1, 0.15) is 37.4 Å². The SMILES string of the molecule is Cc1ccc(C(=O)O[C@H](C(=O)Nc2cccc(C)c2)[C@@H](OC(=O)c2ccc(C)cc2)C(=O)O)cc1. The molecule has 8 heteroatoms. The van der Waals surface area contributed by atoms with Crippen LogP contribution in [0, 0.1) is 20.8 Å². The fraction of sp³-hybridized carbons (Fsp3) is 0.185. The monoisotopic (exact) mass is 475 g/mol. The summed E-state index contributed by atoms with van der Waals surface area (Å²) in [6.45, 7) is 5.47. The summed E-state index contributed by atoms with van der Waals surface area (Å²) in [5.41, 5.74) is 3.18. The van der Waals surface area contributed by atoms with Crippen molar-refractivity contribution in [3.05, 3.63) is 101 Å². The summed E-state index contributed by atoms with van der Waals surface area (Å²) < 4.78 is 10.5. The van der Waals surface area contributed by atoms with Crippen LogP contribution in [-0.4, -0.2) is 41.1 Å². The number of esters is 2. The van der Waals surface area contributed by atoms with Crippen molar-refractivity contribution in [3.63, 3.8) is 0 Å². The number of hydrogen-bond acceptors (Lipinski definition) is 6. The maximum atomic E-state index is 13.1. The van der Waals surface area contributed by atoms with Gasteiger partial charge in [-0.1, -0.05) is 47.5 Å². The quantitative estimate of drug-likeness (QED) is 0.471. The minimum absolute atomic E-state index is 0.0875. The number of carboxylic acids is 1. The van der Waals surface area contributed by atoms with Gasteiger partial charge in [-0.05, 0) is 62.7 Å². The van der Waals surface area contributed by atoms with Crippen LogP contribution < -0.4 is 5.32 Å². The Morgan fingerprint density at radius 1 is 0.686 bits per heavy atom. The zero-order valence-corrected chi connectivity index (χ0v) is 19.5. The number of amides is 1. The number of ether oxygens (including phenoxy) is 2. The Bertz CT molecular complexity index is 1230. The summed E-state index contributed by atoms with van der Waals surface area (Å²) in [5.74, 6) is -4.52. The summed E-state index contributed by atoms with van der Waals surface area (Å²) >= 11 is 0. The molecule has 0 bridgehead atoms. The molecule has 35 heavy (non-hydrogen) atoms. The van der Waals surface area contributed by atoms with Crippen LogP contribution in [0.3, 0.4) is 0 Å². The van der Waals surface area contributed by atoms with Crippen molar-refractivity contribution in [2.24, 2.45) is 0 Å². The number of anilines is 1. The molecular formula is C27H25NO7. The van der Waals surface area contributed by atoms with E-state index in [1.807, 2.05) is 26.8 Å². The van der Waals surface area contributed by atoms with Gasteiger partial charge in [0, 0.05) is 5.69 Å². The minimum Gasteiger partial charge on any atom is -0.478 e. The van der Waals surface area contributed by atoms with Crippen molar-refractivity contribution >= 4 is 29.5 Å². The highest BCUT2D eigenvalue weighted by Gasteiger charge is 2.41. The number of aryl methyl sites for hydroxylation is 3. The number of nitrogens with one attached hydrogen (secondary N) is 1. The average Bonchev–Trinajstić information content (AvgIpc) is 2.81. The van der Waals surface area contributed by atoms with Crippen LogP contribution in [0.25, 0.3) is 0 Å². The Hall–Kier alpha value is -4.46. The molecule has 0 unspecified atom stereocenters. The van der Waals surface area contributed by atoms with Crippen LogP contribution in [0.5, 0.6) is 0 Å². The first-order valence-corrected chi connectivity index (χ1v) is 10.8. The molecule has 0 aliphatic carbocycles. The number of rotatable bonds is 8. The number of carbonyl (C=O) groups is 4. The molecule has 0 saturated heterocycles. The van der Waals surface area contributed by atoms with Gasteiger partial charge < -0.3 is 19.9 Å². The zero-order chi connectivity index (χ0) is 25.5. The highest BCUT2D eigenvalue weighted by molar-refractivity contribution is 6.01. The number of carboxylic acid groups (broad SMARTS) is 1. The second-order valence-corrected chi connectivity index (χ2v) is 8.08. The summed E-state index contributed by atoms with van der Waals surface area (Å²) in [4.78, 5) is 50.6. The topological polar surface area (TPSA) is 119 Å². The lowest BCUT2D eigenvalue weighted by Gasteiger charge is -2.23. The van der Waals surface area contributed by atoms with E-state index in [0.29, 0.717) is 5.69 Å². The van der Waals surface area contributed by atoms with Crippen molar-refractivity contribution in [3.8, 4) is 0 Å². The normalized spacial score (nSPS) is 12.2. The number of benzene rings is 3. The summed E-state index contributed by atoms with van der Waals surface area (Å²) in [5, 5.41) is 12.3. The molecule has 3 aromatic rings. The smallest absolute Gasteiger partial charge is 0.349 e. The van der Waals surface area contributed by atoms with E-state index in [1.54, 1.807) is 42.5 Å². The Morgan fingerprint density at radius 3 is 1.63 bits per heavy atom. The van der Waals surface area contributed by atoms with Crippen molar-refractivity contribution in [2.75, 3.05) is 5.32 Å². The van der Waals surface area contributed by atoms with Crippen molar-refractivity contribution < 1.29 is 33.8 Å². The van der Waals surface area contributed by atoms with Gasteiger partial charge >= 0.3 is 17.9 Å². The van der Waals surface area contributed by atoms with Crippen LogP contribution in [0.15, 0.2) is 72.8 Å². The van der Waals surface area contributed by atoms with E-state index < -0.39 is 36.0 Å². The molecule has 180 valence electrons. The third-order valence-electron chi connectivity index (χ3n) is 5.10. The molecular weight excluding hydrogens is 450 g/mol. The van der Waals surface area contributed by atoms with Crippen molar-refractivity contribution in [2.45, 2.75) is 33.0 Å². The summed E-state index contributed by atoms with van der Waals surface area (Å²) in [6, 6.07) is 19.3. The summed E-state index contributed by atoms with van der Waals surface area (Å²) in [6.07, 6.45) is -4.06. The molecule has 0 saturated carbocycles. The lowest BCUT2D eigenvalue weighted by molar-refractivity contribution is -0.157. The lowest BCUT2D eigenvalue weighted by atomic mass is 10.1. The number of carbonyl (C=O) groups excluding carboxylic acids is 3. The van der Waals surface area contributed by atoms with Crippen LogP contribution >= 0.6 is 0 Å². The second kappa shape index (κ2) is 11.1. The Balaban J connectivity index is 1.90. The molecule has 2 atom stereocenters. The highest BCUT2D eigenvalue weighted by atomic mass is 16.6. The first kappa shape index (κ1) is 25.2. The molecule has 0 radical (unpaired) electrons. The molecule has 0 aliphatic rings. The van der Waals surface area contributed by atoms with Gasteiger partial charge in [0.1, 0.15) is 0 Å². The minimum atomic E-state index is -2.09. The van der Waals surface area contributed by atoms with E-state index in [4.69, 9.17) is 9.47 Å². The highest BCUT2D eigenvalue weighted by Crippen LogP contribution is 2.17. The van der Waals surface area contributed by atoms with Crippen LogP contribution in [0.2, 0.25) is 0 Å². The predicted octanol–water partition coefficient (Wildman–Crippen LogP) is 4.09. The molecule has 3 aromatic carbocycles. The first-order chi connectivity index (χ1) is 16.6. The maximum Gasteiger partial charge on any atom is 0.349 e. The van der Waals surface area contributed by atoms with E-state index >= 15 is 0 Å². The van der Waals surface area contributed by atoms with Gasteiger partial charge in [0.2, 0.25) is 12.2 Å². The maximum absolute atomic E-state index is 13.1. The molecule has 0 aliphatic heterocycles. The van der Waals surface area contributed by atoms with Crippen molar-refractivity contribution in [1.29, 1.82) is 0 Å². The molecule has 8 nitrogen and oxygen atoms in total. The summed E-state index contributed by atoms with van der Waals surface area (Å²) in [7, 11) is 0. The third kappa shape index (κ3) is 6.77. The Labute approximate surface area is 202 Å². The fourth-order valence-electron chi connectivity index (χ4n) is 3.18. The van der Waals surface area contributed by atoms with E-state index in [0.717, 1.165) is 16.7 Å². The predicted molar refractivity (Wildman–Crippen MR) is 128 cm³/mol. The van der Waals surface area contributed by atoms with Crippen molar-refractivity contribution in [1.82, 2.24) is 0 Å². The van der Waals surface area contributed by atoms with Gasteiger partial charge in [-0.15, -0.1) is 0 Å². The van der Waals surface area contributed by atoms with E-state index in [1.165, 1.54) is 24.3 Å². The molecule has 0 spiro atoms. The molecule has 0 fully saturated rings. The van der Waals surface area contributed by atoms with Gasteiger partial charge in [-0.3, -0.25) is 4.79 Å². The van der Waals surface area contributed by atoms with E-state index in [2.05, 4.69) is 5.32 Å². The van der Waals surface area contributed by atoms with E-state index in [-0.39, 0.29) is 11.1 Å². The van der Waals surface area contributed by atoms with E-state index in [9.17, 15) is 24.3 Å². The molecule has 0 aromatic heterocycles. The van der Waals surface area contributed by atoms with Crippen LogP contribution in [0.4, 0.5) is 5.69 Å².